The van der Waals surface area contributed by atoms with Crippen LogP contribution in [0.1, 0.15) is 39.2 Å². The van der Waals surface area contributed by atoms with Gasteiger partial charge in [0.25, 0.3) is 11.8 Å². The van der Waals surface area contributed by atoms with Gasteiger partial charge in [-0.2, -0.15) is 0 Å². The lowest BCUT2D eigenvalue weighted by molar-refractivity contribution is -0.140. The molecule has 0 radical (unpaired) electrons. The number of nitrogens with zero attached hydrogens (tertiary/aromatic N) is 2. The standard InChI is InChI=1S/C21H25FN2O4S/c1-4-28-21(27)23-11-9-16(10-12-23)24-19(25)17(14-5-7-15(22)8-6-14)18(20(24)26)29-13(2)3/h5-8,13,16H,4,9-12H2,1-3H3. The number of carbonyl (C=O) groups excluding carboxylic acids is 3. The van der Waals surface area contributed by atoms with Gasteiger partial charge in [0.1, 0.15) is 5.82 Å². The minimum atomic E-state index is -0.396. The zero-order chi connectivity index (χ0) is 21.1. The van der Waals surface area contributed by atoms with Gasteiger partial charge in [-0.3, -0.25) is 14.5 Å². The number of piperidine rings is 1. The summed E-state index contributed by atoms with van der Waals surface area (Å²) >= 11 is 1.35. The van der Waals surface area contributed by atoms with Crippen LogP contribution < -0.4 is 0 Å². The Labute approximate surface area is 174 Å². The Bertz CT molecular complexity index is 830. The lowest BCUT2D eigenvalue weighted by atomic mass is 10.0. The summed E-state index contributed by atoms with van der Waals surface area (Å²) in [6, 6.07) is 5.37. The summed E-state index contributed by atoms with van der Waals surface area (Å²) in [6.07, 6.45) is 0.644. The van der Waals surface area contributed by atoms with E-state index in [1.54, 1.807) is 11.8 Å². The molecular weight excluding hydrogens is 395 g/mol. The third-order valence-corrected chi connectivity index (χ3v) is 6.00. The highest BCUT2D eigenvalue weighted by Crippen LogP contribution is 2.40. The average Bonchev–Trinajstić information content (AvgIpc) is 2.92. The lowest BCUT2D eigenvalue weighted by Gasteiger charge is -2.35. The first-order chi connectivity index (χ1) is 13.8. The molecule has 6 nitrogen and oxygen atoms in total. The number of benzene rings is 1. The third kappa shape index (κ3) is 4.47. The van der Waals surface area contributed by atoms with Crippen LogP contribution in [-0.4, -0.2) is 58.7 Å². The molecule has 0 aromatic heterocycles. The number of imide groups is 1. The van der Waals surface area contributed by atoms with E-state index < -0.39 is 5.82 Å². The topological polar surface area (TPSA) is 66.9 Å². The highest BCUT2D eigenvalue weighted by molar-refractivity contribution is 8.04. The molecule has 0 spiro atoms. The second kappa shape index (κ2) is 8.98. The van der Waals surface area contributed by atoms with Gasteiger partial charge >= 0.3 is 6.09 Å². The number of hydrogen-bond donors (Lipinski definition) is 0. The minimum Gasteiger partial charge on any atom is -0.450 e. The van der Waals surface area contributed by atoms with Crippen molar-refractivity contribution in [2.24, 2.45) is 0 Å². The van der Waals surface area contributed by atoms with Crippen molar-refractivity contribution in [1.29, 1.82) is 0 Å². The lowest BCUT2D eigenvalue weighted by Crippen LogP contribution is -2.49. The van der Waals surface area contributed by atoms with Crippen LogP contribution in [0, 0.1) is 5.82 Å². The molecule has 0 bridgehead atoms. The van der Waals surface area contributed by atoms with Crippen molar-refractivity contribution < 1.29 is 23.5 Å². The summed E-state index contributed by atoms with van der Waals surface area (Å²) in [5, 5.41) is 0.114. The smallest absolute Gasteiger partial charge is 0.409 e. The van der Waals surface area contributed by atoms with E-state index in [1.165, 1.54) is 40.9 Å². The fourth-order valence-electron chi connectivity index (χ4n) is 3.60. The summed E-state index contributed by atoms with van der Waals surface area (Å²) in [5.41, 5.74) is 0.876. The average molecular weight is 421 g/mol. The molecule has 0 aliphatic carbocycles. The molecule has 156 valence electrons. The normalized spacial score (nSPS) is 18.2. The number of thioether (sulfide) groups is 1. The molecule has 0 saturated carbocycles. The molecule has 2 aliphatic rings. The first kappa shape index (κ1) is 21.4. The molecule has 0 N–H and O–H groups in total. The monoisotopic (exact) mass is 420 g/mol. The SMILES string of the molecule is CCOC(=O)N1CCC(N2C(=O)C(SC(C)C)=C(c3ccc(F)cc3)C2=O)CC1. The molecule has 1 aromatic carbocycles. The van der Waals surface area contributed by atoms with Gasteiger partial charge in [-0.25, -0.2) is 9.18 Å². The number of halogens is 1. The van der Waals surface area contributed by atoms with Gasteiger partial charge in [-0.1, -0.05) is 26.0 Å². The second-order valence-electron chi connectivity index (χ2n) is 7.28. The van der Waals surface area contributed by atoms with Gasteiger partial charge in [0.15, 0.2) is 0 Å². The van der Waals surface area contributed by atoms with Crippen molar-refractivity contribution in [2.45, 2.75) is 44.9 Å². The van der Waals surface area contributed by atoms with Crippen LogP contribution in [-0.2, 0) is 14.3 Å². The predicted molar refractivity (Wildman–Crippen MR) is 110 cm³/mol. The van der Waals surface area contributed by atoms with Crippen molar-refractivity contribution in [3.8, 4) is 0 Å². The van der Waals surface area contributed by atoms with Crippen LogP contribution in [0.2, 0.25) is 0 Å². The maximum Gasteiger partial charge on any atom is 0.409 e. The Hall–Kier alpha value is -2.35. The summed E-state index contributed by atoms with van der Waals surface area (Å²) in [6.45, 7) is 6.83. The summed E-state index contributed by atoms with van der Waals surface area (Å²) in [7, 11) is 0. The van der Waals surface area contributed by atoms with Crippen LogP contribution in [0.15, 0.2) is 29.2 Å². The summed E-state index contributed by atoms with van der Waals surface area (Å²) in [5.74, 6) is -1.05. The molecule has 2 heterocycles. The van der Waals surface area contributed by atoms with E-state index in [9.17, 15) is 18.8 Å². The van der Waals surface area contributed by atoms with Crippen LogP contribution in [0.25, 0.3) is 5.57 Å². The summed E-state index contributed by atoms with van der Waals surface area (Å²) in [4.78, 5) is 41.7. The van der Waals surface area contributed by atoms with Crippen LogP contribution in [0.3, 0.4) is 0 Å². The van der Waals surface area contributed by atoms with E-state index in [4.69, 9.17) is 4.74 Å². The van der Waals surface area contributed by atoms with Gasteiger partial charge in [0.05, 0.1) is 17.1 Å². The van der Waals surface area contributed by atoms with E-state index in [-0.39, 0.29) is 29.2 Å². The first-order valence-electron chi connectivity index (χ1n) is 9.80. The van der Waals surface area contributed by atoms with E-state index in [2.05, 4.69) is 0 Å². The Balaban J connectivity index is 1.82. The van der Waals surface area contributed by atoms with Crippen molar-refractivity contribution in [3.05, 3.63) is 40.6 Å². The van der Waals surface area contributed by atoms with Crippen molar-refractivity contribution in [1.82, 2.24) is 9.80 Å². The molecule has 3 rings (SSSR count). The van der Waals surface area contributed by atoms with Crippen LogP contribution in [0.5, 0.6) is 0 Å². The van der Waals surface area contributed by atoms with E-state index in [0.717, 1.165) is 0 Å². The Morgan fingerprint density at radius 3 is 2.34 bits per heavy atom. The minimum absolute atomic E-state index is 0.114. The molecular formula is C21H25FN2O4S. The van der Waals surface area contributed by atoms with Gasteiger partial charge < -0.3 is 9.64 Å². The quantitative estimate of drug-likeness (QED) is 0.680. The number of rotatable bonds is 5. The highest BCUT2D eigenvalue weighted by atomic mass is 32.2. The molecule has 1 aromatic rings. The number of carbonyl (C=O) groups is 3. The second-order valence-corrected chi connectivity index (χ2v) is 8.86. The first-order valence-corrected chi connectivity index (χ1v) is 10.7. The van der Waals surface area contributed by atoms with E-state index >= 15 is 0 Å². The van der Waals surface area contributed by atoms with Crippen molar-refractivity contribution >= 4 is 35.2 Å². The molecule has 8 heteroatoms. The predicted octanol–water partition coefficient (Wildman–Crippen LogP) is 3.67. The van der Waals surface area contributed by atoms with Crippen LogP contribution >= 0.6 is 11.8 Å². The van der Waals surface area contributed by atoms with Gasteiger partial charge in [0, 0.05) is 24.4 Å². The molecule has 2 aliphatic heterocycles. The van der Waals surface area contributed by atoms with Gasteiger partial charge in [-0.15, -0.1) is 11.8 Å². The zero-order valence-electron chi connectivity index (χ0n) is 16.8. The van der Waals surface area contributed by atoms with Crippen molar-refractivity contribution in [2.75, 3.05) is 19.7 Å². The Morgan fingerprint density at radius 1 is 1.17 bits per heavy atom. The summed E-state index contributed by atoms with van der Waals surface area (Å²) < 4.78 is 18.4. The Morgan fingerprint density at radius 2 is 1.79 bits per heavy atom. The molecule has 1 fully saturated rings. The molecule has 1 saturated heterocycles. The molecule has 3 amide bonds. The van der Waals surface area contributed by atoms with Gasteiger partial charge in [-0.05, 0) is 37.5 Å². The van der Waals surface area contributed by atoms with Crippen LogP contribution in [0.4, 0.5) is 9.18 Å². The van der Waals surface area contributed by atoms with Gasteiger partial charge in [0.2, 0.25) is 0 Å². The fourth-order valence-corrected chi connectivity index (χ4v) is 4.59. The van der Waals surface area contributed by atoms with Crippen molar-refractivity contribution in [3.63, 3.8) is 0 Å². The Kier molecular flexibility index (Phi) is 6.62. The number of likely N-dealkylation sites (tertiary alicyclic amines) is 1. The molecule has 0 unspecified atom stereocenters. The zero-order valence-corrected chi connectivity index (χ0v) is 17.6. The fraction of sp³-hybridized carbons (Fsp3) is 0.476. The largest absolute Gasteiger partial charge is 0.450 e. The number of hydrogen-bond acceptors (Lipinski definition) is 5. The third-order valence-electron chi connectivity index (χ3n) is 4.91. The maximum absolute atomic E-state index is 13.4. The number of ether oxygens (including phenoxy) is 1. The molecule has 0 atom stereocenters. The maximum atomic E-state index is 13.4. The van der Waals surface area contributed by atoms with E-state index in [0.29, 0.717) is 48.6 Å². The van der Waals surface area contributed by atoms with E-state index in [1.807, 2.05) is 13.8 Å². The number of amides is 3. The highest BCUT2D eigenvalue weighted by Gasteiger charge is 2.44. The molecule has 29 heavy (non-hydrogen) atoms.